The fourth-order valence-electron chi connectivity index (χ4n) is 3.24. The van der Waals surface area contributed by atoms with Gasteiger partial charge < -0.3 is 10.1 Å². The molecule has 0 aliphatic heterocycles. The molecule has 1 aromatic rings. The molecule has 0 bridgehead atoms. The quantitative estimate of drug-likeness (QED) is 0.660. The summed E-state index contributed by atoms with van der Waals surface area (Å²) >= 11 is 0. The summed E-state index contributed by atoms with van der Waals surface area (Å²) in [7, 11) is 0. The number of hydrogen-bond donors (Lipinski definition) is 1. The number of fused-ring (bicyclic) bond motifs is 1. The van der Waals surface area contributed by atoms with Gasteiger partial charge in [-0.3, -0.25) is 0 Å². The fraction of sp³-hybridized carbons (Fsp3) is 0.684. The van der Waals surface area contributed by atoms with E-state index in [9.17, 15) is 0 Å². The van der Waals surface area contributed by atoms with Crippen molar-refractivity contribution in [3.8, 4) is 0 Å². The van der Waals surface area contributed by atoms with E-state index in [1.165, 1.54) is 37.7 Å². The Bertz CT molecular complexity index is 416. The summed E-state index contributed by atoms with van der Waals surface area (Å²) in [5.41, 5.74) is 4.67. The maximum Gasteiger partial charge on any atom is 0.0466 e. The van der Waals surface area contributed by atoms with Gasteiger partial charge in [0, 0.05) is 19.3 Å². The van der Waals surface area contributed by atoms with Crippen LogP contribution < -0.4 is 5.32 Å². The Morgan fingerprint density at radius 1 is 1.19 bits per heavy atom. The number of hydrogen-bond acceptors (Lipinski definition) is 2. The summed E-state index contributed by atoms with van der Waals surface area (Å²) in [5, 5.41) is 3.71. The molecule has 1 aliphatic carbocycles. The second-order valence-corrected chi connectivity index (χ2v) is 6.15. The minimum atomic E-state index is 0.588. The Kier molecular flexibility index (Phi) is 7.25. The maximum atomic E-state index is 5.47. The van der Waals surface area contributed by atoms with E-state index in [0.29, 0.717) is 6.04 Å². The van der Waals surface area contributed by atoms with Crippen LogP contribution in [0.15, 0.2) is 18.2 Å². The standard InChI is InChI=1S/C19H31NO/c1-3-12-20-19(9-6-13-21-4-2)15-16-10-11-17-7-5-8-18(17)14-16/h10-11,14,19-20H,3-9,12-13,15H2,1-2H3. The predicted octanol–water partition coefficient (Wildman–Crippen LogP) is 3.90. The molecule has 0 saturated carbocycles. The second kappa shape index (κ2) is 9.22. The van der Waals surface area contributed by atoms with Crippen LogP contribution in [0.5, 0.6) is 0 Å². The molecule has 0 saturated heterocycles. The van der Waals surface area contributed by atoms with Crippen LogP contribution in [0.4, 0.5) is 0 Å². The van der Waals surface area contributed by atoms with Crippen molar-refractivity contribution in [1.82, 2.24) is 5.32 Å². The first-order chi connectivity index (χ1) is 10.3. The maximum absolute atomic E-state index is 5.47. The number of rotatable bonds is 10. The third kappa shape index (κ3) is 5.44. The summed E-state index contributed by atoms with van der Waals surface area (Å²) in [5.74, 6) is 0. The van der Waals surface area contributed by atoms with Crippen LogP contribution in [0, 0.1) is 0 Å². The van der Waals surface area contributed by atoms with Crippen LogP contribution >= 0.6 is 0 Å². The molecule has 0 spiro atoms. The van der Waals surface area contributed by atoms with E-state index in [2.05, 4.69) is 37.4 Å². The van der Waals surface area contributed by atoms with Crippen LogP contribution in [0.1, 0.15) is 56.2 Å². The molecule has 1 aliphatic rings. The van der Waals surface area contributed by atoms with Crippen molar-refractivity contribution < 1.29 is 4.74 Å². The fourth-order valence-corrected chi connectivity index (χ4v) is 3.24. The van der Waals surface area contributed by atoms with Gasteiger partial charge in [0.25, 0.3) is 0 Å². The average Bonchev–Trinajstić information content (AvgIpc) is 2.96. The summed E-state index contributed by atoms with van der Waals surface area (Å²) in [6, 6.07) is 7.73. The molecule has 0 aromatic heterocycles. The van der Waals surface area contributed by atoms with Gasteiger partial charge in [-0.15, -0.1) is 0 Å². The molecule has 0 radical (unpaired) electrons. The lowest BCUT2D eigenvalue weighted by Gasteiger charge is -2.19. The topological polar surface area (TPSA) is 21.3 Å². The summed E-state index contributed by atoms with van der Waals surface area (Å²) in [4.78, 5) is 0. The highest BCUT2D eigenvalue weighted by atomic mass is 16.5. The minimum absolute atomic E-state index is 0.588. The lowest BCUT2D eigenvalue weighted by molar-refractivity contribution is 0.140. The van der Waals surface area contributed by atoms with Crippen LogP contribution in [0.3, 0.4) is 0 Å². The zero-order valence-electron chi connectivity index (χ0n) is 13.8. The smallest absolute Gasteiger partial charge is 0.0466 e. The molecule has 2 heteroatoms. The third-order valence-electron chi connectivity index (χ3n) is 4.37. The highest BCUT2D eigenvalue weighted by molar-refractivity contribution is 5.35. The first-order valence-corrected chi connectivity index (χ1v) is 8.75. The number of benzene rings is 1. The van der Waals surface area contributed by atoms with Gasteiger partial charge in [-0.1, -0.05) is 25.1 Å². The average molecular weight is 289 g/mol. The molecule has 1 atom stereocenters. The summed E-state index contributed by atoms with van der Waals surface area (Å²) in [6.07, 6.45) is 8.61. The van der Waals surface area contributed by atoms with E-state index in [4.69, 9.17) is 4.74 Å². The molecule has 21 heavy (non-hydrogen) atoms. The SMILES string of the molecule is CCCNC(CCCOCC)Cc1ccc2c(c1)CCC2. The normalized spacial score (nSPS) is 15.1. The van der Waals surface area contributed by atoms with Crippen LogP contribution in [-0.4, -0.2) is 25.8 Å². The zero-order chi connectivity index (χ0) is 14.9. The molecular weight excluding hydrogens is 258 g/mol. The van der Waals surface area contributed by atoms with Gasteiger partial charge in [0.15, 0.2) is 0 Å². The largest absolute Gasteiger partial charge is 0.382 e. The molecule has 1 aromatic carbocycles. The molecule has 2 nitrogen and oxygen atoms in total. The van der Waals surface area contributed by atoms with E-state index >= 15 is 0 Å². The third-order valence-corrected chi connectivity index (χ3v) is 4.37. The number of aryl methyl sites for hydroxylation is 2. The van der Waals surface area contributed by atoms with E-state index in [-0.39, 0.29) is 0 Å². The van der Waals surface area contributed by atoms with Crippen molar-refractivity contribution in [3.63, 3.8) is 0 Å². The zero-order valence-corrected chi connectivity index (χ0v) is 13.8. The molecule has 1 N–H and O–H groups in total. The minimum Gasteiger partial charge on any atom is -0.382 e. The van der Waals surface area contributed by atoms with E-state index < -0.39 is 0 Å². The van der Waals surface area contributed by atoms with Crippen molar-refractivity contribution in [2.45, 2.75) is 64.8 Å². The molecule has 1 unspecified atom stereocenters. The molecule has 0 amide bonds. The van der Waals surface area contributed by atoms with Gasteiger partial charge in [-0.2, -0.15) is 0 Å². The summed E-state index contributed by atoms with van der Waals surface area (Å²) < 4.78 is 5.47. The van der Waals surface area contributed by atoms with Gasteiger partial charge in [-0.05, 0) is 75.1 Å². The van der Waals surface area contributed by atoms with Crippen molar-refractivity contribution >= 4 is 0 Å². The lowest BCUT2D eigenvalue weighted by atomic mass is 9.98. The van der Waals surface area contributed by atoms with E-state index in [1.807, 2.05) is 0 Å². The van der Waals surface area contributed by atoms with Gasteiger partial charge in [0.05, 0.1) is 0 Å². The number of ether oxygens (including phenoxy) is 1. The monoisotopic (exact) mass is 289 g/mol. The first kappa shape index (κ1) is 16.5. The second-order valence-electron chi connectivity index (χ2n) is 6.15. The van der Waals surface area contributed by atoms with Gasteiger partial charge in [0.2, 0.25) is 0 Å². The van der Waals surface area contributed by atoms with E-state index in [1.54, 1.807) is 11.1 Å². The van der Waals surface area contributed by atoms with Crippen LogP contribution in [-0.2, 0) is 24.0 Å². The van der Waals surface area contributed by atoms with E-state index in [0.717, 1.165) is 32.6 Å². The van der Waals surface area contributed by atoms with Gasteiger partial charge in [-0.25, -0.2) is 0 Å². The highest BCUT2D eigenvalue weighted by Gasteiger charge is 2.13. The molecular formula is C19H31NO. The lowest BCUT2D eigenvalue weighted by Crippen LogP contribution is -2.32. The van der Waals surface area contributed by atoms with Crippen molar-refractivity contribution in [2.75, 3.05) is 19.8 Å². The van der Waals surface area contributed by atoms with Crippen molar-refractivity contribution in [2.24, 2.45) is 0 Å². The van der Waals surface area contributed by atoms with Crippen LogP contribution in [0.2, 0.25) is 0 Å². The van der Waals surface area contributed by atoms with Gasteiger partial charge in [0.1, 0.15) is 0 Å². The Labute approximate surface area is 130 Å². The van der Waals surface area contributed by atoms with Crippen molar-refractivity contribution in [1.29, 1.82) is 0 Å². The molecule has 0 fully saturated rings. The highest BCUT2D eigenvalue weighted by Crippen LogP contribution is 2.23. The Morgan fingerprint density at radius 2 is 2.05 bits per heavy atom. The predicted molar refractivity (Wildman–Crippen MR) is 90.0 cm³/mol. The first-order valence-electron chi connectivity index (χ1n) is 8.75. The number of nitrogens with one attached hydrogen (secondary N) is 1. The Morgan fingerprint density at radius 3 is 2.86 bits per heavy atom. The molecule has 118 valence electrons. The Hall–Kier alpha value is -0.860. The summed E-state index contributed by atoms with van der Waals surface area (Å²) in [6.45, 7) is 7.14. The van der Waals surface area contributed by atoms with Crippen molar-refractivity contribution in [3.05, 3.63) is 34.9 Å². The molecule has 0 heterocycles. The van der Waals surface area contributed by atoms with Crippen LogP contribution in [0.25, 0.3) is 0 Å². The van der Waals surface area contributed by atoms with Gasteiger partial charge >= 0.3 is 0 Å². The Balaban J connectivity index is 1.87. The molecule has 2 rings (SSSR count).